The third-order valence-electron chi connectivity index (χ3n) is 0.451. The number of aliphatic carboxylic acids is 2. The number of carboxylic acid groups (broad SMARTS) is 2. The highest BCUT2D eigenvalue weighted by Gasteiger charge is 1.98. The van der Waals surface area contributed by atoms with Crippen LogP contribution < -0.4 is 0 Å². The van der Waals surface area contributed by atoms with Crippen LogP contribution in [0, 0.1) is 0 Å². The van der Waals surface area contributed by atoms with Gasteiger partial charge in [-0.1, -0.05) is 0 Å². The average molecular weight is 224 g/mol. The molecule has 0 unspecified atom stereocenters. The number of carboxylic acids is 2. The van der Waals surface area contributed by atoms with Crippen LogP contribution in [0.25, 0.3) is 0 Å². The summed E-state index contributed by atoms with van der Waals surface area (Å²) in [5, 5.41) is 15.8. The smallest absolute Gasteiger partial charge is 0.329 e. The highest BCUT2D eigenvalue weighted by molar-refractivity contribution is 5.70. The maximum atomic E-state index is 9.66. The van der Waals surface area contributed by atoms with Crippen molar-refractivity contribution >= 4 is 11.9 Å². The van der Waals surface area contributed by atoms with Gasteiger partial charge < -0.3 is 42.3 Å². The van der Waals surface area contributed by atoms with Crippen LogP contribution in [0.4, 0.5) is 0 Å². The summed E-state index contributed by atoms with van der Waals surface area (Å²) >= 11 is 0. The third kappa shape index (κ3) is 45.6. The maximum absolute atomic E-state index is 9.66. The summed E-state index contributed by atoms with van der Waals surface area (Å²) in [4.78, 5) is 19.3. The molecule has 0 aromatic heterocycles. The van der Waals surface area contributed by atoms with Gasteiger partial charge in [0, 0.05) is 0 Å². The Hall–Kier alpha value is -1.30. The predicted octanol–water partition coefficient (Wildman–Crippen LogP) is -4.95. The van der Waals surface area contributed by atoms with Gasteiger partial charge >= 0.3 is 11.9 Å². The van der Waals surface area contributed by atoms with Crippen LogP contribution in [0.15, 0.2) is 0 Å². The second-order valence-corrected chi connectivity index (χ2v) is 1.28. The first-order valence-electron chi connectivity index (χ1n) is 2.14. The topological polar surface area (TPSA) is 241 Å². The fraction of sp³-hybridized carbons (Fsp3) is 0.500. The Morgan fingerprint density at radius 2 is 1.00 bits per heavy atom. The van der Waals surface area contributed by atoms with Crippen molar-refractivity contribution in [2.45, 2.75) is 0 Å². The van der Waals surface area contributed by atoms with Crippen molar-refractivity contribution in [1.29, 1.82) is 0 Å². The molecule has 0 aromatic rings. The first kappa shape index (κ1) is 38.7. The molecule has 12 N–H and O–H groups in total. The van der Waals surface area contributed by atoms with Gasteiger partial charge in [-0.15, -0.1) is 0 Å². The van der Waals surface area contributed by atoms with Gasteiger partial charge in [0.2, 0.25) is 0 Å². The largest absolute Gasteiger partial charge is 0.480 e. The quantitative estimate of drug-likeness (QED) is 0.474. The van der Waals surface area contributed by atoms with Gasteiger partial charge in [-0.05, 0) is 0 Å². The highest BCUT2D eigenvalue weighted by Crippen LogP contribution is 1.73. The van der Waals surface area contributed by atoms with E-state index in [4.69, 9.17) is 10.2 Å². The van der Waals surface area contributed by atoms with Crippen LogP contribution in [-0.2, 0) is 14.3 Å². The molecule has 0 spiro atoms. The molecule has 0 rings (SSSR count). The first-order chi connectivity index (χ1) is 4.13. The van der Waals surface area contributed by atoms with E-state index in [1.807, 2.05) is 0 Å². The van der Waals surface area contributed by atoms with Crippen molar-refractivity contribution in [2.75, 3.05) is 13.2 Å². The zero-order valence-electron chi connectivity index (χ0n) is 7.03. The molecular weight excluding hydrogens is 208 g/mol. The molecule has 0 radical (unpaired) electrons. The van der Waals surface area contributed by atoms with Crippen LogP contribution in [0.3, 0.4) is 0 Å². The normalized spacial score (nSPS) is 5.71. The molecule has 0 atom stereocenters. The lowest BCUT2D eigenvalue weighted by Gasteiger charge is -1.92. The Bertz CT molecular complexity index is 107. The van der Waals surface area contributed by atoms with Crippen LogP contribution in [0.2, 0.25) is 0 Å². The highest BCUT2D eigenvalue weighted by atomic mass is 16.5. The van der Waals surface area contributed by atoms with E-state index in [1.54, 1.807) is 0 Å². The van der Waals surface area contributed by atoms with Crippen LogP contribution in [-0.4, -0.2) is 62.7 Å². The number of hydrogen-bond acceptors (Lipinski definition) is 3. The van der Waals surface area contributed by atoms with Gasteiger partial charge in [-0.2, -0.15) is 0 Å². The minimum absolute atomic E-state index is 0. The summed E-state index contributed by atoms with van der Waals surface area (Å²) in [7, 11) is 0. The molecule has 0 saturated heterocycles. The molecule has 0 heterocycles. The lowest BCUT2D eigenvalue weighted by molar-refractivity contribution is -0.148. The van der Waals surface area contributed by atoms with E-state index in [0.717, 1.165) is 0 Å². The molecule has 92 valence electrons. The van der Waals surface area contributed by atoms with Gasteiger partial charge in [-0.3, -0.25) is 0 Å². The van der Waals surface area contributed by atoms with E-state index in [2.05, 4.69) is 4.74 Å². The molecule has 0 aliphatic rings. The van der Waals surface area contributed by atoms with Crippen molar-refractivity contribution in [3.63, 3.8) is 0 Å². The van der Waals surface area contributed by atoms with Gasteiger partial charge in [0.25, 0.3) is 0 Å². The van der Waals surface area contributed by atoms with E-state index in [-0.39, 0.29) is 27.4 Å². The number of hydrogen-bond donors (Lipinski definition) is 2. The first-order valence-corrected chi connectivity index (χ1v) is 2.14. The second-order valence-electron chi connectivity index (χ2n) is 1.28. The Morgan fingerprint density at radius 3 is 1.14 bits per heavy atom. The Morgan fingerprint density at radius 1 is 0.786 bits per heavy atom. The van der Waals surface area contributed by atoms with E-state index in [1.165, 1.54) is 0 Å². The number of ether oxygens (including phenoxy) is 1. The summed E-state index contributed by atoms with van der Waals surface area (Å²) in [6, 6.07) is 0. The molecule has 10 heteroatoms. The van der Waals surface area contributed by atoms with Crippen LogP contribution in [0.1, 0.15) is 0 Å². The standard InChI is InChI=1S/C4H6O5.5H2O/c5-3(6)1-9-2-4(7)8;;;;;/h1-2H2,(H,5,6)(H,7,8);5*1H2. The second kappa shape index (κ2) is 22.6. The molecule has 0 bridgehead atoms. The van der Waals surface area contributed by atoms with Gasteiger partial charge in [0.1, 0.15) is 13.2 Å². The summed E-state index contributed by atoms with van der Waals surface area (Å²) < 4.78 is 4.16. The Balaban J connectivity index is -0.0000000320. The molecule has 0 amide bonds. The molecule has 14 heavy (non-hydrogen) atoms. The van der Waals surface area contributed by atoms with Gasteiger partial charge in [-0.25, -0.2) is 9.59 Å². The van der Waals surface area contributed by atoms with Crippen molar-refractivity contribution < 1.29 is 51.9 Å². The van der Waals surface area contributed by atoms with E-state index in [0.29, 0.717) is 0 Å². The maximum Gasteiger partial charge on any atom is 0.329 e. The molecule has 10 nitrogen and oxygen atoms in total. The van der Waals surface area contributed by atoms with Crippen LogP contribution >= 0.6 is 0 Å². The molecule has 0 aromatic carbocycles. The molecule has 0 aliphatic heterocycles. The van der Waals surface area contributed by atoms with Gasteiger partial charge in [0.05, 0.1) is 0 Å². The van der Waals surface area contributed by atoms with E-state index >= 15 is 0 Å². The Kier molecular flexibility index (Phi) is 62.5. The fourth-order valence-electron chi connectivity index (χ4n) is 0.226. The lowest BCUT2D eigenvalue weighted by Crippen LogP contribution is -2.13. The zero-order valence-corrected chi connectivity index (χ0v) is 7.03. The van der Waals surface area contributed by atoms with Gasteiger partial charge in [0.15, 0.2) is 0 Å². The van der Waals surface area contributed by atoms with Crippen molar-refractivity contribution in [1.82, 2.24) is 0 Å². The zero-order chi connectivity index (χ0) is 7.28. The van der Waals surface area contributed by atoms with Crippen molar-refractivity contribution in [3.8, 4) is 0 Å². The minimum Gasteiger partial charge on any atom is -0.480 e. The molecule has 0 saturated carbocycles. The summed E-state index contributed by atoms with van der Waals surface area (Å²) in [6.07, 6.45) is 0. The van der Waals surface area contributed by atoms with Crippen molar-refractivity contribution in [2.24, 2.45) is 0 Å². The SMILES string of the molecule is O.O.O.O.O.O=C(O)COCC(=O)O. The monoisotopic (exact) mass is 224 g/mol. The minimum atomic E-state index is -1.17. The summed E-state index contributed by atoms with van der Waals surface area (Å²) in [5.74, 6) is -2.34. The van der Waals surface area contributed by atoms with E-state index < -0.39 is 25.2 Å². The number of rotatable bonds is 4. The molecule has 0 fully saturated rings. The molecular formula is C4H16O10. The fourth-order valence-corrected chi connectivity index (χ4v) is 0.226. The van der Waals surface area contributed by atoms with E-state index in [9.17, 15) is 9.59 Å². The summed E-state index contributed by atoms with van der Waals surface area (Å²) in [6.45, 7) is -1.13. The Labute approximate surface area is 78.3 Å². The third-order valence-corrected chi connectivity index (χ3v) is 0.451. The number of carbonyl (C=O) groups is 2. The molecule has 0 aliphatic carbocycles. The summed E-state index contributed by atoms with van der Waals surface area (Å²) in [5.41, 5.74) is 0. The van der Waals surface area contributed by atoms with Crippen LogP contribution in [0.5, 0.6) is 0 Å². The van der Waals surface area contributed by atoms with Crippen molar-refractivity contribution in [3.05, 3.63) is 0 Å². The average Bonchev–Trinajstić information content (AvgIpc) is 1.63. The predicted molar refractivity (Wildman–Crippen MR) is 44.2 cm³/mol. The lowest BCUT2D eigenvalue weighted by atomic mass is 10.7.